The van der Waals surface area contributed by atoms with E-state index in [9.17, 15) is 9.36 Å². The molecule has 11 heteroatoms. The minimum atomic E-state index is -4.62. The first-order valence-electron chi connectivity index (χ1n) is 3.98. The molecule has 1 aromatic rings. The van der Waals surface area contributed by atoms with Crippen molar-refractivity contribution in [3.8, 4) is 0 Å². The Morgan fingerprint density at radius 3 is 2.59 bits per heavy atom. The van der Waals surface area contributed by atoms with Gasteiger partial charge in [-0.05, 0) is 11.5 Å². The standard InChI is InChI=1S/C6H7Cl2N2O5PS/c1-10(2-15-16(12,13)14)6(11)4-3(7)5(8)9-17-4/h2H2,1H3,(H2,12,13,14). The van der Waals surface area contributed by atoms with E-state index in [-0.39, 0.29) is 15.1 Å². The van der Waals surface area contributed by atoms with Crippen molar-refractivity contribution in [1.29, 1.82) is 0 Å². The van der Waals surface area contributed by atoms with Crippen LogP contribution >= 0.6 is 42.6 Å². The number of carbonyl (C=O) groups excluding carboxylic acids is 1. The molecule has 0 aliphatic rings. The van der Waals surface area contributed by atoms with E-state index in [1.54, 1.807) is 0 Å². The highest BCUT2D eigenvalue weighted by atomic mass is 35.5. The van der Waals surface area contributed by atoms with Gasteiger partial charge in [-0.15, -0.1) is 0 Å². The quantitative estimate of drug-likeness (QED) is 0.645. The normalized spacial score (nSPS) is 11.6. The molecule has 0 spiro atoms. The maximum Gasteiger partial charge on any atom is 0.471 e. The predicted octanol–water partition coefficient (Wildman–Crippen LogP) is 1.59. The number of phosphoric acid groups is 1. The van der Waals surface area contributed by atoms with Gasteiger partial charge in [-0.2, -0.15) is 4.37 Å². The molecule has 1 amide bonds. The van der Waals surface area contributed by atoms with E-state index >= 15 is 0 Å². The average Bonchev–Trinajstić information content (AvgIpc) is 2.54. The number of phosphoric ester groups is 1. The number of aromatic nitrogens is 1. The van der Waals surface area contributed by atoms with Gasteiger partial charge in [0.05, 0.1) is 0 Å². The third kappa shape index (κ3) is 4.18. The molecule has 1 aromatic heterocycles. The summed E-state index contributed by atoms with van der Waals surface area (Å²) in [6, 6.07) is 0. The van der Waals surface area contributed by atoms with Crippen molar-refractivity contribution in [2.75, 3.05) is 13.8 Å². The lowest BCUT2D eigenvalue weighted by Crippen LogP contribution is -2.28. The second-order valence-electron chi connectivity index (χ2n) is 2.87. The van der Waals surface area contributed by atoms with Gasteiger partial charge in [-0.25, -0.2) is 4.57 Å². The van der Waals surface area contributed by atoms with Crippen LogP contribution in [0.3, 0.4) is 0 Å². The van der Waals surface area contributed by atoms with Crippen molar-refractivity contribution in [2.45, 2.75) is 0 Å². The van der Waals surface area contributed by atoms with Crippen LogP contribution in [0.1, 0.15) is 9.67 Å². The molecule has 7 nitrogen and oxygen atoms in total. The number of hydrogen-bond donors (Lipinski definition) is 2. The van der Waals surface area contributed by atoms with E-state index in [0.717, 1.165) is 16.4 Å². The SMILES string of the molecule is CN(COP(=O)(O)O)C(=O)c1snc(Cl)c1Cl. The first-order chi connectivity index (χ1) is 7.72. The molecule has 0 bridgehead atoms. The summed E-state index contributed by atoms with van der Waals surface area (Å²) in [7, 11) is -3.33. The van der Waals surface area contributed by atoms with Gasteiger partial charge in [-0.1, -0.05) is 23.2 Å². The summed E-state index contributed by atoms with van der Waals surface area (Å²) >= 11 is 12.1. The van der Waals surface area contributed by atoms with Crippen LogP contribution in [0.25, 0.3) is 0 Å². The first kappa shape index (κ1) is 14.8. The van der Waals surface area contributed by atoms with Crippen molar-refractivity contribution in [1.82, 2.24) is 9.27 Å². The van der Waals surface area contributed by atoms with E-state index < -0.39 is 20.5 Å². The molecule has 0 radical (unpaired) electrons. The third-order valence-electron chi connectivity index (χ3n) is 1.56. The largest absolute Gasteiger partial charge is 0.471 e. The lowest BCUT2D eigenvalue weighted by atomic mass is 10.4. The van der Waals surface area contributed by atoms with Crippen LogP contribution in [0.4, 0.5) is 0 Å². The molecule has 17 heavy (non-hydrogen) atoms. The van der Waals surface area contributed by atoms with Gasteiger partial charge >= 0.3 is 7.82 Å². The van der Waals surface area contributed by atoms with Crippen molar-refractivity contribution in [2.24, 2.45) is 0 Å². The fourth-order valence-corrected chi connectivity index (χ4v) is 2.31. The number of nitrogens with zero attached hydrogens (tertiary/aromatic N) is 2. The zero-order valence-corrected chi connectivity index (χ0v) is 11.6. The van der Waals surface area contributed by atoms with Crippen molar-refractivity contribution in [3.05, 3.63) is 15.1 Å². The second kappa shape index (κ2) is 5.62. The van der Waals surface area contributed by atoms with Crippen LogP contribution < -0.4 is 0 Å². The lowest BCUT2D eigenvalue weighted by molar-refractivity contribution is 0.0616. The van der Waals surface area contributed by atoms with Crippen LogP contribution in [0, 0.1) is 0 Å². The molecule has 0 aliphatic heterocycles. The van der Waals surface area contributed by atoms with Gasteiger partial charge in [0.25, 0.3) is 5.91 Å². The summed E-state index contributed by atoms with van der Waals surface area (Å²) in [6.07, 6.45) is 0. The van der Waals surface area contributed by atoms with E-state index in [4.69, 9.17) is 33.0 Å². The molecule has 0 atom stereocenters. The minimum Gasteiger partial charge on any atom is -0.317 e. The molecular formula is C6H7Cl2N2O5PS. The molecule has 0 aliphatic carbocycles. The molecule has 2 N–H and O–H groups in total. The zero-order chi connectivity index (χ0) is 13.2. The summed E-state index contributed by atoms with van der Waals surface area (Å²) in [6.45, 7) is -0.574. The summed E-state index contributed by atoms with van der Waals surface area (Å²) in [5.41, 5.74) is 0. The van der Waals surface area contributed by atoms with Crippen molar-refractivity contribution in [3.63, 3.8) is 0 Å². The van der Waals surface area contributed by atoms with E-state index in [2.05, 4.69) is 8.90 Å². The Balaban J connectivity index is 2.71. The Morgan fingerprint density at radius 1 is 1.59 bits per heavy atom. The van der Waals surface area contributed by atoms with Gasteiger partial charge in [0.2, 0.25) is 0 Å². The van der Waals surface area contributed by atoms with Crippen LogP contribution in [-0.2, 0) is 9.09 Å². The third-order valence-corrected chi connectivity index (χ3v) is 3.80. The monoisotopic (exact) mass is 320 g/mol. The second-order valence-corrected chi connectivity index (χ2v) is 5.62. The van der Waals surface area contributed by atoms with Crippen molar-refractivity contribution < 1.29 is 23.7 Å². The Hall–Kier alpha value is -0.210. The highest BCUT2D eigenvalue weighted by Crippen LogP contribution is 2.36. The number of halogens is 2. The fourth-order valence-electron chi connectivity index (χ4n) is 0.786. The van der Waals surface area contributed by atoms with Crippen LogP contribution in [0.15, 0.2) is 0 Å². The van der Waals surface area contributed by atoms with Crippen LogP contribution in [-0.4, -0.2) is 38.7 Å². The first-order valence-corrected chi connectivity index (χ1v) is 7.04. The van der Waals surface area contributed by atoms with Crippen LogP contribution in [0.2, 0.25) is 10.2 Å². The molecule has 0 fully saturated rings. The molecule has 0 saturated carbocycles. The van der Waals surface area contributed by atoms with E-state index in [0.29, 0.717) is 0 Å². The minimum absolute atomic E-state index is 0.00400. The van der Waals surface area contributed by atoms with Gasteiger partial charge in [0.15, 0.2) is 5.15 Å². The van der Waals surface area contributed by atoms with Crippen LogP contribution in [0.5, 0.6) is 0 Å². The summed E-state index contributed by atoms with van der Waals surface area (Å²) in [5, 5.41) is 0.00835. The topological polar surface area (TPSA) is 100.0 Å². The fraction of sp³-hybridized carbons (Fsp3) is 0.333. The number of hydrogen-bond acceptors (Lipinski definition) is 5. The van der Waals surface area contributed by atoms with Gasteiger partial charge in [0, 0.05) is 7.05 Å². The van der Waals surface area contributed by atoms with Gasteiger partial charge in [-0.3, -0.25) is 9.32 Å². The number of rotatable bonds is 4. The molecular weight excluding hydrogens is 314 g/mol. The van der Waals surface area contributed by atoms with E-state index in [1.807, 2.05) is 0 Å². The average molecular weight is 321 g/mol. The van der Waals surface area contributed by atoms with Crippen molar-refractivity contribution >= 4 is 48.5 Å². The van der Waals surface area contributed by atoms with Gasteiger partial charge in [0.1, 0.15) is 16.6 Å². The predicted molar refractivity (Wildman–Crippen MR) is 62.2 cm³/mol. The molecule has 96 valence electrons. The van der Waals surface area contributed by atoms with Gasteiger partial charge < -0.3 is 14.7 Å². The Bertz CT molecular complexity index is 475. The number of carbonyl (C=O) groups is 1. The smallest absolute Gasteiger partial charge is 0.317 e. The Morgan fingerprint density at radius 2 is 2.18 bits per heavy atom. The zero-order valence-electron chi connectivity index (χ0n) is 8.33. The lowest BCUT2D eigenvalue weighted by Gasteiger charge is -2.16. The highest BCUT2D eigenvalue weighted by Gasteiger charge is 2.23. The van der Waals surface area contributed by atoms with E-state index in [1.165, 1.54) is 7.05 Å². The molecule has 1 heterocycles. The maximum atomic E-state index is 11.7. The maximum absolute atomic E-state index is 11.7. The molecule has 1 rings (SSSR count). The highest BCUT2D eigenvalue weighted by molar-refractivity contribution is 7.46. The molecule has 0 saturated heterocycles. The number of amides is 1. The Labute approximate surface area is 110 Å². The summed E-state index contributed by atoms with van der Waals surface area (Å²) in [4.78, 5) is 29.7. The summed E-state index contributed by atoms with van der Waals surface area (Å²) < 4.78 is 18.3. The molecule has 0 aromatic carbocycles. The molecule has 0 unspecified atom stereocenters. The summed E-state index contributed by atoms with van der Waals surface area (Å²) in [5.74, 6) is -0.590. The Kier molecular flexibility index (Phi) is 4.91.